The zero-order chi connectivity index (χ0) is 18.8. The van der Waals surface area contributed by atoms with E-state index >= 15 is 0 Å². The topological polar surface area (TPSA) is 99.8 Å². The number of anilines is 1. The molecule has 1 heterocycles. The summed E-state index contributed by atoms with van der Waals surface area (Å²) in [7, 11) is 0. The molecule has 3 N–H and O–H groups in total. The molecule has 0 radical (unpaired) electrons. The second-order valence-electron chi connectivity index (χ2n) is 5.28. The average molecular weight is 376 g/mol. The summed E-state index contributed by atoms with van der Waals surface area (Å²) in [5, 5.41) is 20.9. The van der Waals surface area contributed by atoms with Crippen molar-refractivity contribution in [3.05, 3.63) is 70.7 Å². The maximum atomic E-state index is 13.2. The van der Waals surface area contributed by atoms with Gasteiger partial charge in [-0.25, -0.2) is 9.18 Å². The predicted molar refractivity (Wildman–Crippen MR) is 92.1 cm³/mol. The minimum Gasteiger partial charge on any atom is -0.507 e. The monoisotopic (exact) mass is 375 g/mol. The minimum atomic E-state index is -1.33. The number of aromatic carboxylic acids is 1. The molecule has 0 saturated heterocycles. The number of aromatic hydroxyl groups is 1. The Morgan fingerprint density at radius 3 is 2.54 bits per heavy atom. The second-order valence-corrected chi connectivity index (χ2v) is 5.69. The number of nitrogens with one attached hydrogen (secondary N) is 1. The van der Waals surface area contributed by atoms with Gasteiger partial charge >= 0.3 is 5.97 Å². The van der Waals surface area contributed by atoms with Crippen molar-refractivity contribution < 1.29 is 28.6 Å². The molecule has 3 rings (SSSR count). The fourth-order valence-corrected chi connectivity index (χ4v) is 2.42. The van der Waals surface area contributed by atoms with Crippen LogP contribution >= 0.6 is 11.6 Å². The summed E-state index contributed by atoms with van der Waals surface area (Å²) in [6.07, 6.45) is 0. The van der Waals surface area contributed by atoms with Crippen molar-refractivity contribution in [1.29, 1.82) is 0 Å². The maximum Gasteiger partial charge on any atom is 0.339 e. The Morgan fingerprint density at radius 2 is 1.85 bits per heavy atom. The first kappa shape index (κ1) is 17.5. The molecule has 0 fully saturated rings. The van der Waals surface area contributed by atoms with Gasteiger partial charge in [0.25, 0.3) is 5.91 Å². The Hall–Kier alpha value is -3.32. The number of benzene rings is 2. The highest BCUT2D eigenvalue weighted by atomic mass is 35.5. The molecule has 132 valence electrons. The summed E-state index contributed by atoms with van der Waals surface area (Å²) in [4.78, 5) is 23.3. The fourth-order valence-electron chi connectivity index (χ4n) is 2.24. The maximum absolute atomic E-state index is 13.2. The molecule has 2 aromatic carbocycles. The standard InChI is InChI=1S/C18H11ClFNO5/c19-12-7-9(1-3-13(12)20)15-5-6-16(26-15)17(23)21-10-2-4-14(22)11(8-10)18(24)25/h1-8,22H,(H,21,23)(H,24,25). The summed E-state index contributed by atoms with van der Waals surface area (Å²) in [6.45, 7) is 0. The van der Waals surface area contributed by atoms with Gasteiger partial charge < -0.3 is 19.9 Å². The first-order chi connectivity index (χ1) is 12.3. The van der Waals surface area contributed by atoms with Gasteiger partial charge in [0, 0.05) is 11.3 Å². The molecule has 1 amide bonds. The number of carboxylic acids is 1. The molecule has 0 atom stereocenters. The lowest BCUT2D eigenvalue weighted by molar-refractivity contribution is 0.0693. The van der Waals surface area contributed by atoms with E-state index in [0.29, 0.717) is 11.3 Å². The highest BCUT2D eigenvalue weighted by Crippen LogP contribution is 2.27. The van der Waals surface area contributed by atoms with Crippen LogP contribution in [0.3, 0.4) is 0 Å². The van der Waals surface area contributed by atoms with E-state index in [1.807, 2.05) is 0 Å². The predicted octanol–water partition coefficient (Wildman–Crippen LogP) is 4.40. The third kappa shape index (κ3) is 3.52. The molecule has 6 nitrogen and oxygen atoms in total. The second kappa shape index (κ2) is 6.89. The van der Waals surface area contributed by atoms with Crippen molar-refractivity contribution >= 4 is 29.2 Å². The number of carbonyl (C=O) groups excluding carboxylic acids is 1. The number of phenols is 1. The molecule has 0 aliphatic heterocycles. The van der Waals surface area contributed by atoms with Gasteiger partial charge in [0.1, 0.15) is 22.9 Å². The number of halogens is 2. The molecule has 0 spiro atoms. The van der Waals surface area contributed by atoms with E-state index in [4.69, 9.17) is 21.1 Å². The van der Waals surface area contributed by atoms with Crippen molar-refractivity contribution in [1.82, 2.24) is 0 Å². The van der Waals surface area contributed by atoms with Gasteiger partial charge in [0.15, 0.2) is 5.76 Å². The van der Waals surface area contributed by atoms with Crippen LogP contribution in [0.4, 0.5) is 10.1 Å². The van der Waals surface area contributed by atoms with E-state index < -0.39 is 23.4 Å². The van der Waals surface area contributed by atoms with Gasteiger partial charge in [-0.1, -0.05) is 11.6 Å². The summed E-state index contributed by atoms with van der Waals surface area (Å²) in [6, 6.07) is 10.6. The molecular formula is C18H11ClFNO5. The summed E-state index contributed by atoms with van der Waals surface area (Å²) >= 11 is 5.73. The zero-order valence-corrected chi connectivity index (χ0v) is 13.7. The fraction of sp³-hybridized carbons (Fsp3) is 0. The number of hydrogen-bond donors (Lipinski definition) is 3. The van der Waals surface area contributed by atoms with Crippen LogP contribution in [0.5, 0.6) is 5.75 Å². The summed E-state index contributed by atoms with van der Waals surface area (Å²) in [5.41, 5.74) is 0.324. The van der Waals surface area contributed by atoms with Gasteiger partial charge in [-0.3, -0.25) is 4.79 Å². The first-order valence-electron chi connectivity index (χ1n) is 7.28. The Labute approximate surface area is 151 Å². The van der Waals surface area contributed by atoms with E-state index in [1.54, 1.807) is 0 Å². The van der Waals surface area contributed by atoms with Crippen LogP contribution in [0, 0.1) is 5.82 Å². The van der Waals surface area contributed by atoms with Crippen LogP contribution in [0.15, 0.2) is 52.9 Å². The number of carboxylic acid groups (broad SMARTS) is 1. The van der Waals surface area contributed by atoms with E-state index in [9.17, 15) is 19.1 Å². The van der Waals surface area contributed by atoms with Crippen molar-refractivity contribution in [2.45, 2.75) is 0 Å². The zero-order valence-electron chi connectivity index (χ0n) is 13.0. The lowest BCUT2D eigenvalue weighted by atomic mass is 10.1. The van der Waals surface area contributed by atoms with E-state index in [2.05, 4.69) is 5.32 Å². The van der Waals surface area contributed by atoms with Crippen LogP contribution in [-0.4, -0.2) is 22.1 Å². The Balaban J connectivity index is 1.81. The van der Waals surface area contributed by atoms with Crippen molar-refractivity contribution in [3.63, 3.8) is 0 Å². The smallest absolute Gasteiger partial charge is 0.339 e. The summed E-state index contributed by atoms with van der Waals surface area (Å²) < 4.78 is 18.7. The molecule has 26 heavy (non-hydrogen) atoms. The largest absolute Gasteiger partial charge is 0.507 e. The van der Waals surface area contributed by atoms with Crippen LogP contribution < -0.4 is 5.32 Å². The Morgan fingerprint density at radius 1 is 1.08 bits per heavy atom. The van der Waals surface area contributed by atoms with E-state index in [0.717, 1.165) is 12.1 Å². The number of hydrogen-bond acceptors (Lipinski definition) is 4. The molecule has 1 aromatic heterocycles. The van der Waals surface area contributed by atoms with Crippen molar-refractivity contribution in [3.8, 4) is 17.1 Å². The molecular weight excluding hydrogens is 365 g/mol. The van der Waals surface area contributed by atoms with Crippen LogP contribution in [0.1, 0.15) is 20.9 Å². The highest BCUT2D eigenvalue weighted by Gasteiger charge is 2.16. The molecule has 8 heteroatoms. The molecule has 0 saturated carbocycles. The number of furan rings is 1. The Bertz CT molecular complexity index is 1010. The highest BCUT2D eigenvalue weighted by molar-refractivity contribution is 6.31. The van der Waals surface area contributed by atoms with Crippen LogP contribution in [-0.2, 0) is 0 Å². The van der Waals surface area contributed by atoms with Gasteiger partial charge in [-0.05, 0) is 48.5 Å². The number of amides is 1. The number of rotatable bonds is 4. The summed E-state index contributed by atoms with van der Waals surface area (Å²) in [5.74, 6) is -2.65. The van der Waals surface area contributed by atoms with Crippen LogP contribution in [0.2, 0.25) is 5.02 Å². The van der Waals surface area contributed by atoms with Gasteiger partial charge in [0.2, 0.25) is 0 Å². The molecule has 0 bridgehead atoms. The molecule has 3 aromatic rings. The van der Waals surface area contributed by atoms with Crippen molar-refractivity contribution in [2.75, 3.05) is 5.32 Å². The van der Waals surface area contributed by atoms with E-state index in [-0.39, 0.29) is 22.0 Å². The SMILES string of the molecule is O=C(Nc1ccc(O)c(C(=O)O)c1)c1ccc(-c2ccc(F)c(Cl)c2)o1. The quantitative estimate of drug-likeness (QED) is 0.587. The first-order valence-corrected chi connectivity index (χ1v) is 7.66. The third-order valence-electron chi connectivity index (χ3n) is 3.52. The number of carbonyl (C=O) groups is 2. The lowest BCUT2D eigenvalue weighted by Gasteiger charge is -2.06. The molecule has 0 unspecified atom stereocenters. The van der Waals surface area contributed by atoms with Gasteiger partial charge in [-0.15, -0.1) is 0 Å². The molecule has 0 aliphatic carbocycles. The average Bonchev–Trinajstić information content (AvgIpc) is 3.09. The normalized spacial score (nSPS) is 10.5. The minimum absolute atomic E-state index is 0.0367. The third-order valence-corrected chi connectivity index (χ3v) is 3.81. The van der Waals surface area contributed by atoms with Gasteiger partial charge in [-0.2, -0.15) is 0 Å². The lowest BCUT2D eigenvalue weighted by Crippen LogP contribution is -2.11. The molecule has 0 aliphatic rings. The Kier molecular flexibility index (Phi) is 4.64. The van der Waals surface area contributed by atoms with E-state index in [1.165, 1.54) is 36.4 Å². The van der Waals surface area contributed by atoms with Crippen molar-refractivity contribution in [2.24, 2.45) is 0 Å². The van der Waals surface area contributed by atoms with Gasteiger partial charge in [0.05, 0.1) is 5.02 Å². The van der Waals surface area contributed by atoms with Crippen LogP contribution in [0.25, 0.3) is 11.3 Å².